The molecule has 0 aromatic heterocycles. The fourth-order valence-corrected chi connectivity index (χ4v) is 2.72. The largest absolute Gasteiger partial charge is 0.371 e. The second-order valence-electron chi connectivity index (χ2n) is 5.06. The summed E-state index contributed by atoms with van der Waals surface area (Å²) < 4.78 is 0. The third kappa shape index (κ3) is 2.13. The van der Waals surface area contributed by atoms with Crippen molar-refractivity contribution in [3.05, 3.63) is 54.1 Å². The zero-order chi connectivity index (χ0) is 12.4. The van der Waals surface area contributed by atoms with Crippen LogP contribution in [0.3, 0.4) is 0 Å². The average Bonchev–Trinajstić information content (AvgIpc) is 2.94. The Labute approximate surface area is 109 Å². The van der Waals surface area contributed by atoms with Crippen molar-refractivity contribution in [2.75, 3.05) is 18.0 Å². The molecular formula is C17H19N. The van der Waals surface area contributed by atoms with Crippen molar-refractivity contribution < 1.29 is 0 Å². The predicted molar refractivity (Wildman–Crippen MR) is 78.1 cm³/mol. The molecule has 1 heterocycles. The van der Waals surface area contributed by atoms with Crippen LogP contribution >= 0.6 is 0 Å². The molecule has 0 radical (unpaired) electrons. The number of nitrogens with zero attached hydrogens (tertiary/aromatic N) is 1. The molecule has 0 aliphatic carbocycles. The first-order valence-electron chi connectivity index (χ1n) is 6.75. The molecule has 0 saturated carbocycles. The SMILES string of the molecule is Cc1ccc(-c2ccccc2)cc1N1CCCC1. The van der Waals surface area contributed by atoms with Crippen LogP contribution in [0.1, 0.15) is 18.4 Å². The van der Waals surface area contributed by atoms with Crippen LogP contribution in [-0.4, -0.2) is 13.1 Å². The lowest BCUT2D eigenvalue weighted by molar-refractivity contribution is 0.949. The van der Waals surface area contributed by atoms with Crippen molar-refractivity contribution in [3.8, 4) is 11.1 Å². The minimum atomic E-state index is 1.21. The number of rotatable bonds is 2. The van der Waals surface area contributed by atoms with Gasteiger partial charge in [0.25, 0.3) is 0 Å². The van der Waals surface area contributed by atoms with E-state index in [2.05, 4.69) is 60.4 Å². The summed E-state index contributed by atoms with van der Waals surface area (Å²) in [4.78, 5) is 2.52. The molecule has 92 valence electrons. The normalized spacial score (nSPS) is 15.1. The number of aryl methyl sites for hydroxylation is 1. The summed E-state index contributed by atoms with van der Waals surface area (Å²) in [5.74, 6) is 0. The number of anilines is 1. The average molecular weight is 237 g/mol. The molecule has 1 nitrogen and oxygen atoms in total. The van der Waals surface area contributed by atoms with Gasteiger partial charge in [0.1, 0.15) is 0 Å². The van der Waals surface area contributed by atoms with Gasteiger partial charge >= 0.3 is 0 Å². The van der Waals surface area contributed by atoms with Crippen LogP contribution in [0.25, 0.3) is 11.1 Å². The van der Waals surface area contributed by atoms with Crippen LogP contribution in [0, 0.1) is 6.92 Å². The first-order valence-corrected chi connectivity index (χ1v) is 6.75. The van der Waals surface area contributed by atoms with Crippen molar-refractivity contribution in [1.82, 2.24) is 0 Å². The molecule has 1 aliphatic heterocycles. The van der Waals surface area contributed by atoms with Gasteiger partial charge in [-0.1, -0.05) is 42.5 Å². The van der Waals surface area contributed by atoms with E-state index >= 15 is 0 Å². The van der Waals surface area contributed by atoms with E-state index in [1.54, 1.807) is 0 Å². The minimum Gasteiger partial charge on any atom is -0.371 e. The van der Waals surface area contributed by atoms with Crippen molar-refractivity contribution in [2.45, 2.75) is 19.8 Å². The summed E-state index contributed by atoms with van der Waals surface area (Å²) in [5, 5.41) is 0. The number of hydrogen-bond acceptors (Lipinski definition) is 1. The maximum atomic E-state index is 2.52. The van der Waals surface area contributed by atoms with Gasteiger partial charge in [-0.15, -0.1) is 0 Å². The molecule has 1 aliphatic rings. The van der Waals surface area contributed by atoms with Crippen LogP contribution in [0.4, 0.5) is 5.69 Å². The Morgan fingerprint density at radius 2 is 1.56 bits per heavy atom. The van der Waals surface area contributed by atoms with E-state index in [-0.39, 0.29) is 0 Å². The summed E-state index contributed by atoms with van der Waals surface area (Å²) in [5.41, 5.74) is 5.42. The molecule has 0 unspecified atom stereocenters. The molecule has 0 bridgehead atoms. The second-order valence-corrected chi connectivity index (χ2v) is 5.06. The molecule has 1 fully saturated rings. The smallest absolute Gasteiger partial charge is 0.0402 e. The molecular weight excluding hydrogens is 218 g/mol. The van der Waals surface area contributed by atoms with Crippen molar-refractivity contribution in [1.29, 1.82) is 0 Å². The molecule has 0 N–H and O–H groups in total. The molecule has 2 aromatic rings. The molecule has 0 amide bonds. The Hall–Kier alpha value is -1.76. The maximum Gasteiger partial charge on any atom is 0.0402 e. The third-order valence-electron chi connectivity index (χ3n) is 3.76. The van der Waals surface area contributed by atoms with E-state index in [1.165, 1.54) is 48.3 Å². The van der Waals surface area contributed by atoms with E-state index in [0.717, 1.165) is 0 Å². The van der Waals surface area contributed by atoms with Crippen molar-refractivity contribution in [3.63, 3.8) is 0 Å². The molecule has 2 aromatic carbocycles. The topological polar surface area (TPSA) is 3.24 Å². The molecule has 3 rings (SSSR count). The second kappa shape index (κ2) is 4.85. The van der Waals surface area contributed by atoms with Crippen molar-refractivity contribution >= 4 is 5.69 Å². The Balaban J connectivity index is 2.00. The summed E-state index contributed by atoms with van der Waals surface area (Å²) in [7, 11) is 0. The van der Waals surface area contributed by atoms with Crippen molar-refractivity contribution in [2.24, 2.45) is 0 Å². The Morgan fingerprint density at radius 3 is 2.28 bits per heavy atom. The van der Waals surface area contributed by atoms with Gasteiger partial charge in [-0.2, -0.15) is 0 Å². The van der Waals surface area contributed by atoms with Crippen LogP contribution in [0.15, 0.2) is 48.5 Å². The first kappa shape index (κ1) is 11.3. The fraction of sp³-hybridized carbons (Fsp3) is 0.294. The van der Waals surface area contributed by atoms with E-state index in [9.17, 15) is 0 Å². The summed E-state index contributed by atoms with van der Waals surface area (Å²) in [6.07, 6.45) is 2.66. The molecule has 1 heteroatoms. The Morgan fingerprint density at radius 1 is 0.833 bits per heavy atom. The highest BCUT2D eigenvalue weighted by atomic mass is 15.1. The van der Waals surface area contributed by atoms with Gasteiger partial charge in [0.2, 0.25) is 0 Å². The molecule has 1 saturated heterocycles. The zero-order valence-electron chi connectivity index (χ0n) is 10.9. The lowest BCUT2D eigenvalue weighted by Crippen LogP contribution is -2.18. The van der Waals surface area contributed by atoms with Gasteiger partial charge in [-0.3, -0.25) is 0 Å². The van der Waals surface area contributed by atoms with Crippen LogP contribution in [0.5, 0.6) is 0 Å². The van der Waals surface area contributed by atoms with E-state index in [1.807, 2.05) is 0 Å². The zero-order valence-corrected chi connectivity index (χ0v) is 10.9. The standard InChI is InChI=1S/C17H19N/c1-14-9-10-16(15-7-3-2-4-8-15)13-17(14)18-11-5-6-12-18/h2-4,7-10,13H,5-6,11-12H2,1H3. The third-order valence-corrected chi connectivity index (χ3v) is 3.76. The number of hydrogen-bond donors (Lipinski definition) is 0. The minimum absolute atomic E-state index is 1.21. The summed E-state index contributed by atoms with van der Waals surface area (Å²) in [6, 6.07) is 17.4. The van der Waals surface area contributed by atoms with Gasteiger partial charge in [0.15, 0.2) is 0 Å². The summed E-state index contributed by atoms with van der Waals surface area (Å²) >= 11 is 0. The van der Waals surface area contributed by atoms with Gasteiger partial charge in [-0.05, 0) is 42.5 Å². The lowest BCUT2D eigenvalue weighted by Gasteiger charge is -2.21. The predicted octanol–water partition coefficient (Wildman–Crippen LogP) is 4.26. The number of benzene rings is 2. The Kier molecular flexibility index (Phi) is 3.06. The van der Waals surface area contributed by atoms with Gasteiger partial charge in [-0.25, -0.2) is 0 Å². The highest BCUT2D eigenvalue weighted by Gasteiger charge is 2.14. The monoisotopic (exact) mass is 237 g/mol. The van der Waals surface area contributed by atoms with E-state index in [4.69, 9.17) is 0 Å². The lowest BCUT2D eigenvalue weighted by atomic mass is 10.0. The van der Waals surface area contributed by atoms with Crippen LogP contribution in [0.2, 0.25) is 0 Å². The molecule has 18 heavy (non-hydrogen) atoms. The molecule has 0 atom stereocenters. The Bertz CT molecular complexity index is 525. The van der Waals surface area contributed by atoms with E-state index < -0.39 is 0 Å². The van der Waals surface area contributed by atoms with Gasteiger partial charge < -0.3 is 4.90 Å². The quantitative estimate of drug-likeness (QED) is 0.754. The summed E-state index contributed by atoms with van der Waals surface area (Å²) in [6.45, 7) is 4.63. The highest BCUT2D eigenvalue weighted by Crippen LogP contribution is 2.29. The van der Waals surface area contributed by atoms with Crippen LogP contribution < -0.4 is 4.90 Å². The molecule has 0 spiro atoms. The highest BCUT2D eigenvalue weighted by molar-refractivity contribution is 5.70. The maximum absolute atomic E-state index is 2.52. The van der Waals surface area contributed by atoms with Crippen LogP contribution in [-0.2, 0) is 0 Å². The fourth-order valence-electron chi connectivity index (χ4n) is 2.72. The van der Waals surface area contributed by atoms with Gasteiger partial charge in [0.05, 0.1) is 0 Å². The van der Waals surface area contributed by atoms with E-state index in [0.29, 0.717) is 0 Å². The first-order chi connectivity index (χ1) is 8.84. The van der Waals surface area contributed by atoms with Gasteiger partial charge in [0, 0.05) is 18.8 Å².